The largest absolute Gasteiger partial charge is 0.481 e. The molecule has 0 spiro atoms. The maximum Gasteiger partial charge on any atom is 0.303 e. The van der Waals surface area contributed by atoms with Gasteiger partial charge < -0.3 is 14.8 Å². The second-order valence-electron chi connectivity index (χ2n) is 2.89. The maximum absolute atomic E-state index is 10.2. The van der Waals surface area contributed by atoms with Crippen molar-refractivity contribution in [3.63, 3.8) is 0 Å². The molecule has 0 saturated carbocycles. The van der Waals surface area contributed by atoms with Gasteiger partial charge in [0.1, 0.15) is 0 Å². The SMILES string of the molecule is Cc1nnc(CNCCCC(=O)O)o1. The molecule has 14 heavy (non-hydrogen) atoms. The monoisotopic (exact) mass is 199 g/mol. The van der Waals surface area contributed by atoms with Crippen LogP contribution in [0, 0.1) is 6.92 Å². The molecule has 0 atom stereocenters. The lowest BCUT2D eigenvalue weighted by Crippen LogP contribution is -2.15. The van der Waals surface area contributed by atoms with Gasteiger partial charge in [0.15, 0.2) is 0 Å². The lowest BCUT2D eigenvalue weighted by atomic mass is 10.3. The Hall–Kier alpha value is -1.43. The summed E-state index contributed by atoms with van der Waals surface area (Å²) in [5.74, 6) is 0.283. The van der Waals surface area contributed by atoms with E-state index in [-0.39, 0.29) is 6.42 Å². The van der Waals surface area contributed by atoms with E-state index in [9.17, 15) is 4.79 Å². The van der Waals surface area contributed by atoms with Gasteiger partial charge in [0.05, 0.1) is 6.54 Å². The van der Waals surface area contributed by atoms with Gasteiger partial charge in [-0.05, 0) is 13.0 Å². The highest BCUT2D eigenvalue weighted by molar-refractivity contribution is 5.66. The van der Waals surface area contributed by atoms with E-state index in [0.717, 1.165) is 0 Å². The van der Waals surface area contributed by atoms with Crippen LogP contribution in [0.4, 0.5) is 0 Å². The number of carboxylic acid groups (broad SMARTS) is 1. The second-order valence-corrected chi connectivity index (χ2v) is 2.89. The summed E-state index contributed by atoms with van der Waals surface area (Å²) in [5, 5.41) is 18.8. The Labute approximate surface area is 81.3 Å². The number of nitrogens with one attached hydrogen (secondary N) is 1. The number of carboxylic acids is 1. The molecule has 0 aromatic carbocycles. The lowest BCUT2D eigenvalue weighted by Gasteiger charge is -1.98. The normalized spacial score (nSPS) is 10.4. The molecule has 1 aromatic rings. The summed E-state index contributed by atoms with van der Waals surface area (Å²) in [5.41, 5.74) is 0. The average Bonchev–Trinajstić information content (AvgIpc) is 2.50. The van der Waals surface area contributed by atoms with E-state index in [4.69, 9.17) is 9.52 Å². The highest BCUT2D eigenvalue weighted by Gasteiger charge is 2.01. The first-order valence-corrected chi connectivity index (χ1v) is 4.40. The molecular formula is C8H13N3O3. The first-order chi connectivity index (χ1) is 6.68. The third-order valence-electron chi connectivity index (χ3n) is 1.59. The molecule has 0 aliphatic heterocycles. The summed E-state index contributed by atoms with van der Waals surface area (Å²) >= 11 is 0. The molecule has 1 aromatic heterocycles. The molecular weight excluding hydrogens is 186 g/mol. The zero-order valence-electron chi connectivity index (χ0n) is 7.99. The number of aryl methyl sites for hydroxylation is 1. The van der Waals surface area contributed by atoms with Gasteiger partial charge in [0, 0.05) is 13.3 Å². The van der Waals surface area contributed by atoms with Gasteiger partial charge >= 0.3 is 5.97 Å². The van der Waals surface area contributed by atoms with Crippen molar-refractivity contribution in [3.8, 4) is 0 Å². The standard InChI is InChI=1S/C8H13N3O3/c1-6-10-11-7(14-6)5-9-4-2-3-8(12)13/h9H,2-5H2,1H3,(H,12,13). The number of aromatic nitrogens is 2. The fourth-order valence-electron chi connectivity index (χ4n) is 0.969. The van der Waals surface area contributed by atoms with Crippen LogP contribution < -0.4 is 5.32 Å². The third kappa shape index (κ3) is 3.99. The molecule has 0 radical (unpaired) electrons. The van der Waals surface area contributed by atoms with E-state index in [1.54, 1.807) is 6.92 Å². The maximum atomic E-state index is 10.2. The Bertz CT molecular complexity index is 298. The zero-order valence-corrected chi connectivity index (χ0v) is 7.99. The molecule has 6 heteroatoms. The van der Waals surface area contributed by atoms with Crippen molar-refractivity contribution in [2.75, 3.05) is 6.54 Å². The minimum atomic E-state index is -0.777. The van der Waals surface area contributed by atoms with Gasteiger partial charge in [-0.25, -0.2) is 0 Å². The van der Waals surface area contributed by atoms with Gasteiger partial charge in [0.2, 0.25) is 11.8 Å². The Morgan fingerprint density at radius 3 is 2.93 bits per heavy atom. The molecule has 0 aliphatic carbocycles. The first kappa shape index (κ1) is 10.6. The Balaban J connectivity index is 2.07. The van der Waals surface area contributed by atoms with Crippen LogP contribution in [0.25, 0.3) is 0 Å². The predicted octanol–water partition coefficient (Wildman–Crippen LogP) is 0.332. The molecule has 0 amide bonds. The van der Waals surface area contributed by atoms with Gasteiger partial charge in [-0.2, -0.15) is 0 Å². The highest BCUT2D eigenvalue weighted by Crippen LogP contribution is 1.96. The first-order valence-electron chi connectivity index (χ1n) is 4.40. The van der Waals surface area contributed by atoms with Crippen molar-refractivity contribution in [1.82, 2.24) is 15.5 Å². The van der Waals surface area contributed by atoms with Crippen LogP contribution in [0.5, 0.6) is 0 Å². The van der Waals surface area contributed by atoms with Crippen LogP contribution in [0.2, 0.25) is 0 Å². The molecule has 6 nitrogen and oxygen atoms in total. The molecule has 1 heterocycles. The van der Waals surface area contributed by atoms with Crippen molar-refractivity contribution in [2.24, 2.45) is 0 Å². The summed E-state index contributed by atoms with van der Waals surface area (Å²) in [7, 11) is 0. The van der Waals surface area contributed by atoms with Crippen molar-refractivity contribution in [1.29, 1.82) is 0 Å². The van der Waals surface area contributed by atoms with Crippen LogP contribution in [0.1, 0.15) is 24.6 Å². The molecule has 2 N–H and O–H groups in total. The second kappa shape index (κ2) is 5.33. The summed E-state index contributed by atoms with van der Waals surface area (Å²) in [6.07, 6.45) is 0.776. The fourth-order valence-corrected chi connectivity index (χ4v) is 0.969. The molecule has 0 fully saturated rings. The predicted molar refractivity (Wildman–Crippen MR) is 47.6 cm³/mol. The van der Waals surface area contributed by atoms with Gasteiger partial charge in [0.25, 0.3) is 0 Å². The van der Waals surface area contributed by atoms with E-state index >= 15 is 0 Å². The van der Waals surface area contributed by atoms with Crippen molar-refractivity contribution < 1.29 is 14.3 Å². The Morgan fingerprint density at radius 2 is 2.36 bits per heavy atom. The third-order valence-corrected chi connectivity index (χ3v) is 1.59. The minimum Gasteiger partial charge on any atom is -0.481 e. The van der Waals surface area contributed by atoms with Gasteiger partial charge in [-0.15, -0.1) is 10.2 Å². The van der Waals surface area contributed by atoms with Crippen molar-refractivity contribution in [3.05, 3.63) is 11.8 Å². The zero-order chi connectivity index (χ0) is 10.4. The van der Waals surface area contributed by atoms with E-state index in [1.165, 1.54) is 0 Å². The summed E-state index contributed by atoms with van der Waals surface area (Å²) in [6, 6.07) is 0. The van der Waals surface area contributed by atoms with Gasteiger partial charge in [-0.1, -0.05) is 0 Å². The molecule has 1 rings (SSSR count). The molecule has 0 unspecified atom stereocenters. The minimum absolute atomic E-state index is 0.176. The number of hydrogen-bond donors (Lipinski definition) is 2. The van der Waals surface area contributed by atoms with Gasteiger partial charge in [-0.3, -0.25) is 4.79 Å². The summed E-state index contributed by atoms with van der Waals surface area (Å²) in [4.78, 5) is 10.2. The van der Waals surface area contributed by atoms with Crippen LogP contribution >= 0.6 is 0 Å². The van der Waals surface area contributed by atoms with E-state index in [1.807, 2.05) is 0 Å². The topological polar surface area (TPSA) is 88.2 Å². The summed E-state index contributed by atoms with van der Waals surface area (Å²) < 4.78 is 5.11. The number of hydrogen-bond acceptors (Lipinski definition) is 5. The number of aliphatic carboxylic acids is 1. The van der Waals surface area contributed by atoms with Crippen LogP contribution in [-0.4, -0.2) is 27.8 Å². The quantitative estimate of drug-likeness (QED) is 0.642. The van der Waals surface area contributed by atoms with Crippen molar-refractivity contribution >= 4 is 5.97 Å². The van der Waals surface area contributed by atoms with E-state index < -0.39 is 5.97 Å². The average molecular weight is 199 g/mol. The summed E-state index contributed by atoms with van der Waals surface area (Å²) in [6.45, 7) is 2.84. The Morgan fingerprint density at radius 1 is 1.57 bits per heavy atom. The van der Waals surface area contributed by atoms with E-state index in [0.29, 0.717) is 31.3 Å². The van der Waals surface area contributed by atoms with Crippen molar-refractivity contribution in [2.45, 2.75) is 26.3 Å². The van der Waals surface area contributed by atoms with E-state index in [2.05, 4.69) is 15.5 Å². The highest BCUT2D eigenvalue weighted by atomic mass is 16.4. The number of rotatable bonds is 6. The number of carbonyl (C=O) groups is 1. The smallest absolute Gasteiger partial charge is 0.303 e. The molecule has 78 valence electrons. The fraction of sp³-hybridized carbons (Fsp3) is 0.625. The molecule has 0 aliphatic rings. The molecule has 0 saturated heterocycles. The number of nitrogens with zero attached hydrogens (tertiary/aromatic N) is 2. The van der Waals surface area contributed by atoms with Crippen LogP contribution in [-0.2, 0) is 11.3 Å². The molecule has 0 bridgehead atoms. The van der Waals surface area contributed by atoms with Crippen LogP contribution in [0.15, 0.2) is 4.42 Å². The van der Waals surface area contributed by atoms with Crippen LogP contribution in [0.3, 0.4) is 0 Å². The lowest BCUT2D eigenvalue weighted by molar-refractivity contribution is -0.137. The Kier molecular flexibility index (Phi) is 4.06.